The van der Waals surface area contributed by atoms with E-state index in [-0.39, 0.29) is 0 Å². The Balaban J connectivity index is 2.30. The number of ether oxygens (including phenoxy) is 1. The first kappa shape index (κ1) is 13.0. The molecule has 0 aliphatic rings. The van der Waals surface area contributed by atoms with E-state index in [2.05, 4.69) is 21.0 Å². The lowest BCUT2D eigenvalue weighted by atomic mass is 10.2. The molecule has 0 bridgehead atoms. The lowest BCUT2D eigenvalue weighted by Gasteiger charge is -2.08. The molecule has 0 atom stereocenters. The first-order chi connectivity index (χ1) is 8.60. The van der Waals surface area contributed by atoms with E-state index in [9.17, 15) is 0 Å². The van der Waals surface area contributed by atoms with Crippen LogP contribution in [0.3, 0.4) is 0 Å². The molecule has 0 aliphatic heterocycles. The highest BCUT2D eigenvalue weighted by Gasteiger charge is 2.09. The third-order valence-electron chi connectivity index (χ3n) is 2.37. The average molecular weight is 326 g/mol. The maximum Gasteiger partial charge on any atom is 0.165 e. The molecule has 0 aliphatic carbocycles. The van der Waals surface area contributed by atoms with E-state index in [1.807, 2.05) is 31.3 Å². The molecule has 2 aromatic rings. The molecule has 0 unspecified atom stereocenters. The number of nitrogens with zero attached hydrogens (tertiary/aromatic N) is 2. The third kappa shape index (κ3) is 2.88. The van der Waals surface area contributed by atoms with Crippen molar-refractivity contribution in [3.8, 4) is 11.5 Å². The molecular weight excluding hydrogens is 314 g/mol. The summed E-state index contributed by atoms with van der Waals surface area (Å²) in [5.41, 5.74) is 6.38. The molecule has 0 spiro atoms. The van der Waals surface area contributed by atoms with Gasteiger partial charge in [0.1, 0.15) is 10.7 Å². The fraction of sp³-hybridized carbons (Fsp3) is 0.167. The number of rotatable bonds is 4. The van der Waals surface area contributed by atoms with Crippen molar-refractivity contribution >= 4 is 33.1 Å². The smallest absolute Gasteiger partial charge is 0.165 e. The van der Waals surface area contributed by atoms with E-state index >= 15 is 0 Å². The number of thiocarbonyl (C=S) groups is 1. The molecular formula is C12H12BrN3OS. The van der Waals surface area contributed by atoms with Gasteiger partial charge in [-0.2, -0.15) is 5.10 Å². The van der Waals surface area contributed by atoms with Crippen molar-refractivity contribution in [2.45, 2.75) is 13.5 Å². The molecule has 2 N–H and O–H groups in total. The minimum atomic E-state index is 0.300. The van der Waals surface area contributed by atoms with Crippen LogP contribution in [0.5, 0.6) is 11.5 Å². The van der Waals surface area contributed by atoms with Gasteiger partial charge in [-0.3, -0.25) is 4.68 Å². The first-order valence-electron chi connectivity index (χ1n) is 5.40. The van der Waals surface area contributed by atoms with Crippen molar-refractivity contribution in [3.63, 3.8) is 0 Å². The van der Waals surface area contributed by atoms with Crippen molar-refractivity contribution in [1.82, 2.24) is 9.78 Å². The molecule has 94 valence electrons. The molecule has 4 nitrogen and oxygen atoms in total. The van der Waals surface area contributed by atoms with Crippen molar-refractivity contribution in [1.29, 1.82) is 0 Å². The van der Waals surface area contributed by atoms with Crippen LogP contribution in [0.2, 0.25) is 0 Å². The van der Waals surface area contributed by atoms with Gasteiger partial charge in [0.15, 0.2) is 5.75 Å². The normalized spacial score (nSPS) is 10.3. The van der Waals surface area contributed by atoms with Crippen LogP contribution in [-0.2, 0) is 6.54 Å². The maximum absolute atomic E-state index is 5.74. The van der Waals surface area contributed by atoms with Gasteiger partial charge in [-0.25, -0.2) is 0 Å². The summed E-state index contributed by atoms with van der Waals surface area (Å²) in [6, 6.07) is 5.53. The fourth-order valence-corrected chi connectivity index (χ4v) is 2.00. The molecule has 0 amide bonds. The predicted molar refractivity (Wildman–Crippen MR) is 78.0 cm³/mol. The second-order valence-electron chi connectivity index (χ2n) is 3.64. The van der Waals surface area contributed by atoms with E-state index in [1.54, 1.807) is 10.9 Å². The van der Waals surface area contributed by atoms with Crippen molar-refractivity contribution in [3.05, 3.63) is 40.6 Å². The Morgan fingerprint density at radius 3 is 2.94 bits per heavy atom. The van der Waals surface area contributed by atoms with Crippen molar-refractivity contribution < 1.29 is 4.74 Å². The molecule has 0 saturated heterocycles. The minimum absolute atomic E-state index is 0.300. The Bertz CT molecular complexity index is 582. The average Bonchev–Trinajstić information content (AvgIpc) is 2.79. The Morgan fingerprint density at radius 1 is 1.56 bits per heavy atom. The zero-order valence-electron chi connectivity index (χ0n) is 9.76. The maximum atomic E-state index is 5.74. The van der Waals surface area contributed by atoms with E-state index in [4.69, 9.17) is 22.7 Å². The number of hydrogen-bond acceptors (Lipinski definition) is 3. The molecule has 0 saturated carbocycles. The van der Waals surface area contributed by atoms with Gasteiger partial charge >= 0.3 is 0 Å². The summed E-state index contributed by atoms with van der Waals surface area (Å²) in [5, 5.41) is 4.14. The van der Waals surface area contributed by atoms with Gasteiger partial charge in [0, 0.05) is 11.0 Å². The van der Waals surface area contributed by atoms with Crippen LogP contribution in [-0.4, -0.2) is 14.8 Å². The number of aryl methyl sites for hydroxylation is 1. The van der Waals surface area contributed by atoms with Gasteiger partial charge in [0.05, 0.1) is 18.0 Å². The van der Waals surface area contributed by atoms with Gasteiger partial charge in [0.2, 0.25) is 0 Å². The Hall–Kier alpha value is -1.40. The number of aromatic nitrogens is 2. The quantitative estimate of drug-likeness (QED) is 0.877. The second-order valence-corrected chi connectivity index (χ2v) is 4.99. The molecule has 6 heteroatoms. The topological polar surface area (TPSA) is 53.1 Å². The zero-order valence-corrected chi connectivity index (χ0v) is 12.2. The largest absolute Gasteiger partial charge is 0.453 e. The summed E-state index contributed by atoms with van der Waals surface area (Å²) in [6.07, 6.45) is 3.49. The standard InChI is InChI=1S/C12H12BrN3OS/c1-2-16-7-9(6-15-16)17-11-4-3-8(13)5-10(11)12(14)18/h3-7H,2H2,1H3,(H2,14,18). The lowest BCUT2D eigenvalue weighted by Crippen LogP contribution is -2.10. The monoisotopic (exact) mass is 325 g/mol. The van der Waals surface area contributed by atoms with Gasteiger partial charge in [-0.15, -0.1) is 0 Å². The van der Waals surface area contributed by atoms with E-state index < -0.39 is 0 Å². The number of halogens is 1. The molecule has 0 radical (unpaired) electrons. The van der Waals surface area contributed by atoms with Crippen LogP contribution < -0.4 is 10.5 Å². The lowest BCUT2D eigenvalue weighted by molar-refractivity contribution is 0.480. The van der Waals surface area contributed by atoms with Gasteiger partial charge in [0.25, 0.3) is 0 Å². The second kappa shape index (κ2) is 5.49. The number of nitrogens with two attached hydrogens (primary N) is 1. The van der Waals surface area contributed by atoms with E-state index in [1.165, 1.54) is 0 Å². The zero-order chi connectivity index (χ0) is 13.1. The van der Waals surface area contributed by atoms with E-state index in [0.717, 1.165) is 11.0 Å². The van der Waals surface area contributed by atoms with Crippen LogP contribution in [0.15, 0.2) is 35.1 Å². The summed E-state index contributed by atoms with van der Waals surface area (Å²) in [5.74, 6) is 1.29. The Morgan fingerprint density at radius 2 is 2.33 bits per heavy atom. The van der Waals surface area contributed by atoms with Crippen LogP contribution in [0.4, 0.5) is 0 Å². The molecule has 1 heterocycles. The van der Waals surface area contributed by atoms with Crippen molar-refractivity contribution in [2.24, 2.45) is 5.73 Å². The molecule has 2 rings (SSSR count). The molecule has 18 heavy (non-hydrogen) atoms. The fourth-order valence-electron chi connectivity index (χ4n) is 1.48. The predicted octanol–water partition coefficient (Wildman–Crippen LogP) is 3.09. The highest BCUT2D eigenvalue weighted by Crippen LogP contribution is 2.27. The summed E-state index contributed by atoms with van der Waals surface area (Å²) in [4.78, 5) is 0.300. The van der Waals surface area contributed by atoms with Gasteiger partial charge < -0.3 is 10.5 Å². The third-order valence-corrected chi connectivity index (χ3v) is 3.08. The van der Waals surface area contributed by atoms with Gasteiger partial charge in [-0.05, 0) is 25.1 Å². The SMILES string of the molecule is CCn1cc(Oc2ccc(Br)cc2C(N)=S)cn1. The molecule has 0 fully saturated rings. The Labute approximate surface area is 119 Å². The van der Waals surface area contributed by atoms with E-state index in [0.29, 0.717) is 22.1 Å². The minimum Gasteiger partial charge on any atom is -0.453 e. The van der Waals surface area contributed by atoms with Crippen LogP contribution in [0.1, 0.15) is 12.5 Å². The molecule has 1 aromatic heterocycles. The number of hydrogen-bond donors (Lipinski definition) is 1. The Kier molecular flexibility index (Phi) is 3.98. The highest BCUT2D eigenvalue weighted by atomic mass is 79.9. The summed E-state index contributed by atoms with van der Waals surface area (Å²) in [6.45, 7) is 2.81. The van der Waals surface area contributed by atoms with Crippen LogP contribution >= 0.6 is 28.1 Å². The summed E-state index contributed by atoms with van der Waals surface area (Å²) >= 11 is 8.39. The molecule has 1 aromatic carbocycles. The summed E-state index contributed by atoms with van der Waals surface area (Å²) in [7, 11) is 0. The van der Waals surface area contributed by atoms with Crippen LogP contribution in [0, 0.1) is 0 Å². The first-order valence-corrected chi connectivity index (χ1v) is 6.60. The van der Waals surface area contributed by atoms with Crippen molar-refractivity contribution in [2.75, 3.05) is 0 Å². The van der Waals surface area contributed by atoms with Crippen LogP contribution in [0.25, 0.3) is 0 Å². The summed E-state index contributed by atoms with van der Waals surface area (Å²) < 4.78 is 8.43. The highest BCUT2D eigenvalue weighted by molar-refractivity contribution is 9.10. The van der Waals surface area contributed by atoms with Gasteiger partial charge in [-0.1, -0.05) is 28.1 Å². The number of benzene rings is 1.